The van der Waals surface area contributed by atoms with Gasteiger partial charge in [0.1, 0.15) is 23.4 Å². The minimum Gasteiger partial charge on any atom is -0.477 e. The number of aromatic nitrogens is 4. The molecule has 7 aromatic rings. The Morgan fingerprint density at radius 3 is 1.75 bits per heavy atom. The third-order valence-electron chi connectivity index (χ3n) is 9.52. The van der Waals surface area contributed by atoms with Crippen molar-refractivity contribution in [1.29, 1.82) is 0 Å². The molecule has 2 atom stereocenters. The molecular formula is C42H37Cl4N5O4S. The molecule has 288 valence electrons. The lowest BCUT2D eigenvalue weighted by atomic mass is 10.0. The number of fused-ring (bicyclic) bond motifs is 2. The number of aliphatic imine (C=N–C) groups is 1. The zero-order valence-corrected chi connectivity index (χ0v) is 33.6. The topological polar surface area (TPSA) is 108 Å². The van der Waals surface area contributed by atoms with Crippen LogP contribution < -0.4 is 0 Å². The molecule has 0 saturated carbocycles. The Labute approximate surface area is 345 Å². The Bertz CT molecular complexity index is 2730. The van der Waals surface area contributed by atoms with Crippen LogP contribution in [0.1, 0.15) is 24.4 Å². The molecule has 0 fully saturated rings. The maximum absolute atomic E-state index is 13.3. The van der Waals surface area contributed by atoms with E-state index in [0.717, 1.165) is 67.3 Å². The number of aldehydes is 1. The van der Waals surface area contributed by atoms with Gasteiger partial charge in [-0.05, 0) is 43.3 Å². The van der Waals surface area contributed by atoms with Crippen LogP contribution in [0.3, 0.4) is 0 Å². The standard InChI is InChI=1S/C25H21Cl2N3O3S.C16H12Cl2N2O.CH4/c1-15-6-9-17(10-7-15)34(31,32)25-23(33-14-28-25)13-22-20-5-3-4-19(24(20)29-30(22)2)18-11-8-16(26)12-21(18)27;1-20-15(7-8-21)13-4-2-3-12(16(13)19-20)11-6-5-10(17)9-14(11)18;/h3-12,14,23,25H,13H2,1-2H3;2-6,8-9H,7H2,1H3;1H4. The Balaban J connectivity index is 0.000000208. The number of nitrogens with zero attached hydrogens (tertiary/aromatic N) is 5. The van der Waals surface area contributed by atoms with E-state index in [4.69, 9.17) is 56.2 Å². The second-order valence-electron chi connectivity index (χ2n) is 13.0. The molecule has 1 aliphatic rings. The summed E-state index contributed by atoms with van der Waals surface area (Å²) in [5.74, 6) is 0. The molecular weight excluding hydrogens is 812 g/mol. The zero-order chi connectivity index (χ0) is 39.0. The molecule has 2 unspecified atom stereocenters. The number of benzene rings is 5. The van der Waals surface area contributed by atoms with Crippen LogP contribution in [-0.2, 0) is 46.3 Å². The first-order chi connectivity index (χ1) is 26.4. The zero-order valence-electron chi connectivity index (χ0n) is 29.8. The monoisotopic (exact) mass is 847 g/mol. The van der Waals surface area contributed by atoms with Crippen LogP contribution in [-0.4, -0.2) is 52.1 Å². The number of ether oxygens (including phenoxy) is 1. The SMILES string of the molecule is C.Cc1ccc(S(=O)(=O)C2N=COC2Cc2c3cccc(-c4ccc(Cl)cc4Cl)c3nn2C)cc1.Cn1nc2c(-c3ccc(Cl)cc3Cl)cccc2c1CC=O. The third-order valence-corrected chi connectivity index (χ3v) is 12.6. The molecule has 9 nitrogen and oxygen atoms in total. The average Bonchev–Trinajstić information content (AvgIpc) is 3.85. The van der Waals surface area contributed by atoms with Crippen LogP contribution >= 0.6 is 46.4 Å². The Morgan fingerprint density at radius 1 is 0.714 bits per heavy atom. The van der Waals surface area contributed by atoms with Gasteiger partial charge >= 0.3 is 0 Å². The van der Waals surface area contributed by atoms with E-state index in [9.17, 15) is 13.2 Å². The number of aryl methyl sites for hydroxylation is 3. The number of rotatable bonds is 8. The van der Waals surface area contributed by atoms with Gasteiger partial charge in [0.2, 0.25) is 9.84 Å². The van der Waals surface area contributed by atoms with Crippen molar-refractivity contribution in [3.05, 3.63) is 134 Å². The summed E-state index contributed by atoms with van der Waals surface area (Å²) in [5, 5.41) is 12.4. The maximum atomic E-state index is 13.3. The van der Waals surface area contributed by atoms with E-state index in [-0.39, 0.29) is 12.3 Å². The highest BCUT2D eigenvalue weighted by molar-refractivity contribution is 7.92. The van der Waals surface area contributed by atoms with E-state index < -0.39 is 21.3 Å². The molecule has 0 spiro atoms. The van der Waals surface area contributed by atoms with E-state index in [1.54, 1.807) is 57.9 Å². The molecule has 8 rings (SSSR count). The molecule has 0 amide bonds. The second-order valence-corrected chi connectivity index (χ2v) is 16.8. The van der Waals surface area contributed by atoms with E-state index in [1.165, 1.54) is 6.40 Å². The molecule has 0 bridgehead atoms. The van der Waals surface area contributed by atoms with Crippen molar-refractivity contribution in [1.82, 2.24) is 19.6 Å². The number of halogens is 4. The largest absolute Gasteiger partial charge is 0.477 e. The number of sulfone groups is 1. The molecule has 1 aliphatic heterocycles. The first kappa shape index (κ1) is 40.9. The van der Waals surface area contributed by atoms with Crippen LogP contribution in [0.5, 0.6) is 0 Å². The fourth-order valence-electron chi connectivity index (χ4n) is 6.77. The van der Waals surface area contributed by atoms with Crippen molar-refractivity contribution in [2.24, 2.45) is 19.1 Å². The lowest BCUT2D eigenvalue weighted by Crippen LogP contribution is -2.32. The molecule has 3 heterocycles. The van der Waals surface area contributed by atoms with Gasteiger partial charge in [-0.2, -0.15) is 10.2 Å². The van der Waals surface area contributed by atoms with E-state index in [2.05, 4.69) is 10.1 Å². The molecule has 14 heteroatoms. The van der Waals surface area contributed by atoms with Gasteiger partial charge in [0.05, 0.1) is 10.6 Å². The van der Waals surface area contributed by atoms with Crippen molar-refractivity contribution in [3.63, 3.8) is 0 Å². The predicted octanol–water partition coefficient (Wildman–Crippen LogP) is 10.5. The molecule has 0 N–H and O–H groups in total. The van der Waals surface area contributed by atoms with Gasteiger partial charge in [-0.15, -0.1) is 0 Å². The summed E-state index contributed by atoms with van der Waals surface area (Å²) >= 11 is 24.8. The highest BCUT2D eigenvalue weighted by atomic mass is 35.5. The molecule has 0 aliphatic carbocycles. The molecule has 5 aromatic carbocycles. The Kier molecular flexibility index (Phi) is 12.3. The predicted molar refractivity (Wildman–Crippen MR) is 228 cm³/mol. The summed E-state index contributed by atoms with van der Waals surface area (Å²) in [6.45, 7) is 1.91. The summed E-state index contributed by atoms with van der Waals surface area (Å²) < 4.78 is 35.8. The Hall–Kier alpha value is -4.71. The first-order valence-electron chi connectivity index (χ1n) is 17.1. The van der Waals surface area contributed by atoms with Crippen molar-refractivity contribution in [2.45, 2.75) is 43.6 Å². The highest BCUT2D eigenvalue weighted by Gasteiger charge is 2.39. The molecule has 2 aromatic heterocycles. The van der Waals surface area contributed by atoms with Crippen molar-refractivity contribution < 1.29 is 17.9 Å². The summed E-state index contributed by atoms with van der Waals surface area (Å²) in [6, 6.07) is 29.2. The fourth-order valence-corrected chi connectivity index (χ4v) is 9.36. The smallest absolute Gasteiger partial charge is 0.205 e. The minimum absolute atomic E-state index is 0. The van der Waals surface area contributed by atoms with Crippen LogP contribution in [0.2, 0.25) is 20.1 Å². The van der Waals surface area contributed by atoms with Gasteiger partial charge in [-0.1, -0.05) is 120 Å². The van der Waals surface area contributed by atoms with Gasteiger partial charge in [0.15, 0.2) is 11.8 Å². The Morgan fingerprint density at radius 2 is 1.23 bits per heavy atom. The van der Waals surface area contributed by atoms with Crippen LogP contribution in [0, 0.1) is 6.92 Å². The summed E-state index contributed by atoms with van der Waals surface area (Å²) in [5.41, 5.74) is 7.83. The van der Waals surface area contributed by atoms with Crippen molar-refractivity contribution in [3.8, 4) is 22.3 Å². The molecule has 0 radical (unpaired) electrons. The van der Waals surface area contributed by atoms with E-state index in [0.29, 0.717) is 32.9 Å². The van der Waals surface area contributed by atoms with Crippen LogP contribution in [0.15, 0.2) is 107 Å². The van der Waals surface area contributed by atoms with Gasteiger partial charge in [-0.3, -0.25) is 9.36 Å². The van der Waals surface area contributed by atoms with Gasteiger partial charge in [0, 0.05) is 85.7 Å². The van der Waals surface area contributed by atoms with Crippen molar-refractivity contribution >= 4 is 90.7 Å². The lowest BCUT2D eigenvalue weighted by molar-refractivity contribution is -0.107. The lowest BCUT2D eigenvalue weighted by Gasteiger charge is -2.18. The maximum Gasteiger partial charge on any atom is 0.205 e. The minimum atomic E-state index is -3.72. The van der Waals surface area contributed by atoms with Gasteiger partial charge < -0.3 is 9.53 Å². The second kappa shape index (κ2) is 16.8. The average molecular weight is 850 g/mol. The van der Waals surface area contributed by atoms with Crippen molar-refractivity contribution in [2.75, 3.05) is 0 Å². The van der Waals surface area contributed by atoms with Crippen LogP contribution in [0.4, 0.5) is 0 Å². The van der Waals surface area contributed by atoms with E-state index >= 15 is 0 Å². The number of carbonyl (C=O) groups excluding carboxylic acids is 1. The first-order valence-corrected chi connectivity index (χ1v) is 20.1. The number of hydrogen-bond acceptors (Lipinski definition) is 7. The molecule has 56 heavy (non-hydrogen) atoms. The quantitative estimate of drug-likeness (QED) is 0.141. The number of hydrogen-bond donors (Lipinski definition) is 0. The van der Waals surface area contributed by atoms with Crippen LogP contribution in [0.25, 0.3) is 44.1 Å². The van der Waals surface area contributed by atoms with Gasteiger partial charge in [-0.25, -0.2) is 13.4 Å². The third kappa shape index (κ3) is 7.94. The normalized spacial score (nSPS) is 15.0. The highest BCUT2D eigenvalue weighted by Crippen LogP contribution is 2.37. The molecule has 0 saturated heterocycles. The number of carbonyl (C=O) groups is 1. The fraction of sp³-hybridized carbons (Fsp3) is 0.190. The summed E-state index contributed by atoms with van der Waals surface area (Å²) in [4.78, 5) is 15.2. The summed E-state index contributed by atoms with van der Waals surface area (Å²) in [6.07, 6.45) is 2.11. The summed E-state index contributed by atoms with van der Waals surface area (Å²) in [7, 11) is -0.0428. The van der Waals surface area contributed by atoms with E-state index in [1.807, 2.05) is 69.6 Å². The van der Waals surface area contributed by atoms with Gasteiger partial charge in [0.25, 0.3) is 0 Å².